The van der Waals surface area contributed by atoms with E-state index in [1.54, 1.807) is 13.1 Å². The molecular formula is C11H11NO2. The predicted molar refractivity (Wildman–Crippen MR) is 53.7 cm³/mol. The Balaban J connectivity index is 2.75. The van der Waals surface area contributed by atoms with Crippen LogP contribution in [0.1, 0.15) is 21.5 Å². The molecule has 0 N–H and O–H groups in total. The number of hydrogen-bond acceptors (Lipinski definition) is 2. The van der Waals surface area contributed by atoms with Crippen molar-refractivity contribution in [3.8, 4) is 0 Å². The summed E-state index contributed by atoms with van der Waals surface area (Å²) < 4.78 is 0. The molecule has 0 radical (unpaired) electrons. The number of amides is 1. The largest absolute Gasteiger partial charge is 0.308 e. The van der Waals surface area contributed by atoms with Gasteiger partial charge >= 0.3 is 0 Å². The fourth-order valence-electron chi connectivity index (χ4n) is 1.95. The second-order valence-electron chi connectivity index (χ2n) is 3.67. The van der Waals surface area contributed by atoms with Crippen molar-refractivity contribution < 1.29 is 9.59 Å². The second-order valence-corrected chi connectivity index (χ2v) is 3.67. The van der Waals surface area contributed by atoms with E-state index in [1.165, 1.54) is 4.90 Å². The monoisotopic (exact) mass is 189 g/mol. The molecule has 1 heterocycles. The summed E-state index contributed by atoms with van der Waals surface area (Å²) in [6, 6.07) is 3.74. The lowest BCUT2D eigenvalue weighted by atomic mass is 10.0. The lowest BCUT2D eigenvalue weighted by molar-refractivity contribution is -0.114. The highest BCUT2D eigenvalue weighted by molar-refractivity contribution is 6.52. The Morgan fingerprint density at radius 3 is 2.43 bits per heavy atom. The maximum atomic E-state index is 11.5. The SMILES string of the molecule is Cc1cc(C)c2c(c1)C(=O)C(=O)N2C. The topological polar surface area (TPSA) is 37.4 Å². The van der Waals surface area contributed by atoms with Gasteiger partial charge in [0.25, 0.3) is 11.7 Å². The van der Waals surface area contributed by atoms with E-state index in [-0.39, 0.29) is 0 Å². The van der Waals surface area contributed by atoms with Crippen LogP contribution < -0.4 is 4.90 Å². The molecule has 0 fully saturated rings. The first-order valence-electron chi connectivity index (χ1n) is 4.46. The molecule has 3 heteroatoms. The zero-order chi connectivity index (χ0) is 10.5. The lowest BCUT2D eigenvalue weighted by Gasteiger charge is -2.12. The summed E-state index contributed by atoms with van der Waals surface area (Å²) in [5.74, 6) is -0.831. The van der Waals surface area contributed by atoms with Crippen LogP contribution in [0.4, 0.5) is 5.69 Å². The average Bonchev–Trinajstić information content (AvgIpc) is 2.31. The van der Waals surface area contributed by atoms with Crippen molar-refractivity contribution in [2.45, 2.75) is 13.8 Å². The molecule has 72 valence electrons. The number of ketones is 1. The lowest BCUT2D eigenvalue weighted by Crippen LogP contribution is -2.25. The van der Waals surface area contributed by atoms with Gasteiger partial charge in [-0.15, -0.1) is 0 Å². The fraction of sp³-hybridized carbons (Fsp3) is 0.273. The zero-order valence-electron chi connectivity index (χ0n) is 8.42. The molecule has 0 unspecified atom stereocenters. The third-order valence-electron chi connectivity index (χ3n) is 2.52. The van der Waals surface area contributed by atoms with Crippen LogP contribution in [-0.2, 0) is 4.79 Å². The van der Waals surface area contributed by atoms with Crippen LogP contribution in [0.5, 0.6) is 0 Å². The van der Waals surface area contributed by atoms with Crippen LogP contribution in [0.15, 0.2) is 12.1 Å². The van der Waals surface area contributed by atoms with Gasteiger partial charge in [-0.25, -0.2) is 0 Å². The van der Waals surface area contributed by atoms with E-state index in [2.05, 4.69) is 0 Å². The molecule has 0 aromatic heterocycles. The third-order valence-corrected chi connectivity index (χ3v) is 2.52. The molecule has 1 aromatic rings. The number of Topliss-reactive ketones (excluding diaryl/α,β-unsaturated/α-hetero) is 1. The number of nitrogens with zero attached hydrogens (tertiary/aromatic N) is 1. The summed E-state index contributed by atoms with van der Waals surface area (Å²) in [6.45, 7) is 3.83. The van der Waals surface area contributed by atoms with E-state index in [0.717, 1.165) is 16.8 Å². The minimum absolute atomic E-state index is 0.394. The van der Waals surface area contributed by atoms with E-state index >= 15 is 0 Å². The molecule has 0 atom stereocenters. The number of carbonyl (C=O) groups is 2. The van der Waals surface area contributed by atoms with Gasteiger partial charge in [-0.2, -0.15) is 0 Å². The summed E-state index contributed by atoms with van der Waals surface area (Å²) in [6.07, 6.45) is 0. The van der Waals surface area contributed by atoms with Gasteiger partial charge in [0.15, 0.2) is 0 Å². The van der Waals surface area contributed by atoms with Crippen LogP contribution >= 0.6 is 0 Å². The number of anilines is 1. The van der Waals surface area contributed by atoms with Gasteiger partial charge in [-0.3, -0.25) is 9.59 Å². The first kappa shape index (κ1) is 8.94. The second kappa shape index (κ2) is 2.67. The summed E-state index contributed by atoms with van der Waals surface area (Å²) in [5.41, 5.74) is 3.28. The van der Waals surface area contributed by atoms with Crippen LogP contribution in [-0.4, -0.2) is 18.7 Å². The molecule has 2 rings (SSSR count). The molecule has 0 bridgehead atoms. The van der Waals surface area contributed by atoms with Gasteiger partial charge in [-0.05, 0) is 31.0 Å². The number of benzene rings is 1. The summed E-state index contributed by atoms with van der Waals surface area (Å²) in [4.78, 5) is 24.3. The van der Waals surface area contributed by atoms with Crippen molar-refractivity contribution in [2.75, 3.05) is 11.9 Å². The summed E-state index contributed by atoms with van der Waals surface area (Å²) in [7, 11) is 1.63. The zero-order valence-corrected chi connectivity index (χ0v) is 8.42. The minimum atomic E-state index is -0.436. The Kier molecular flexibility index (Phi) is 1.71. The molecule has 0 saturated carbocycles. The highest BCUT2D eigenvalue weighted by atomic mass is 16.2. The van der Waals surface area contributed by atoms with Crippen LogP contribution in [0, 0.1) is 13.8 Å². The molecule has 0 aliphatic carbocycles. The Labute approximate surface area is 82.3 Å². The van der Waals surface area contributed by atoms with Crippen LogP contribution in [0.3, 0.4) is 0 Å². The fourth-order valence-corrected chi connectivity index (χ4v) is 1.95. The highest BCUT2D eigenvalue weighted by Crippen LogP contribution is 2.31. The van der Waals surface area contributed by atoms with E-state index in [0.29, 0.717) is 5.56 Å². The first-order chi connectivity index (χ1) is 6.52. The van der Waals surface area contributed by atoms with Gasteiger partial charge in [0.05, 0.1) is 11.3 Å². The van der Waals surface area contributed by atoms with Gasteiger partial charge in [0.2, 0.25) is 0 Å². The number of fused-ring (bicyclic) bond motifs is 1. The van der Waals surface area contributed by atoms with Crippen molar-refractivity contribution in [1.82, 2.24) is 0 Å². The van der Waals surface area contributed by atoms with Crippen LogP contribution in [0.2, 0.25) is 0 Å². The van der Waals surface area contributed by atoms with Crippen molar-refractivity contribution in [3.05, 3.63) is 28.8 Å². The third kappa shape index (κ3) is 0.985. The number of rotatable bonds is 0. The smallest absolute Gasteiger partial charge is 0.299 e. The number of carbonyl (C=O) groups excluding carboxylic acids is 2. The quantitative estimate of drug-likeness (QED) is 0.579. The Morgan fingerprint density at radius 1 is 1.14 bits per heavy atom. The van der Waals surface area contributed by atoms with Crippen molar-refractivity contribution >= 4 is 17.4 Å². The average molecular weight is 189 g/mol. The summed E-state index contributed by atoms with van der Waals surface area (Å²) in [5, 5.41) is 0. The molecule has 1 aromatic carbocycles. The standard InChI is InChI=1S/C11H11NO2/c1-6-4-7(2)9-8(5-6)10(13)11(14)12(9)3/h4-5H,1-3H3. The molecule has 1 aliphatic heterocycles. The molecule has 1 amide bonds. The van der Waals surface area contributed by atoms with E-state index < -0.39 is 11.7 Å². The van der Waals surface area contributed by atoms with Crippen molar-refractivity contribution in [2.24, 2.45) is 0 Å². The van der Waals surface area contributed by atoms with E-state index in [4.69, 9.17) is 0 Å². The Hall–Kier alpha value is -1.64. The van der Waals surface area contributed by atoms with E-state index in [9.17, 15) is 9.59 Å². The first-order valence-corrected chi connectivity index (χ1v) is 4.46. The summed E-state index contributed by atoms with van der Waals surface area (Å²) >= 11 is 0. The molecule has 0 saturated heterocycles. The van der Waals surface area contributed by atoms with Crippen molar-refractivity contribution in [3.63, 3.8) is 0 Å². The van der Waals surface area contributed by atoms with E-state index in [1.807, 2.05) is 19.9 Å². The number of hydrogen-bond donors (Lipinski definition) is 0. The molecule has 0 spiro atoms. The maximum Gasteiger partial charge on any atom is 0.299 e. The number of likely N-dealkylation sites (N-methyl/N-ethyl adjacent to an activating group) is 1. The molecule has 14 heavy (non-hydrogen) atoms. The molecule has 3 nitrogen and oxygen atoms in total. The minimum Gasteiger partial charge on any atom is -0.308 e. The van der Waals surface area contributed by atoms with Crippen LogP contribution in [0.25, 0.3) is 0 Å². The normalized spacial score (nSPS) is 14.9. The maximum absolute atomic E-state index is 11.5. The number of aryl methyl sites for hydroxylation is 2. The predicted octanol–water partition coefficient (Wildman–Crippen LogP) is 1.46. The van der Waals surface area contributed by atoms with Gasteiger partial charge in [0.1, 0.15) is 0 Å². The van der Waals surface area contributed by atoms with Gasteiger partial charge in [-0.1, -0.05) is 6.07 Å². The Morgan fingerprint density at radius 2 is 1.79 bits per heavy atom. The van der Waals surface area contributed by atoms with Crippen molar-refractivity contribution in [1.29, 1.82) is 0 Å². The van der Waals surface area contributed by atoms with Gasteiger partial charge < -0.3 is 4.90 Å². The molecule has 1 aliphatic rings. The van der Waals surface area contributed by atoms with Gasteiger partial charge in [0, 0.05) is 7.05 Å². The highest BCUT2D eigenvalue weighted by Gasteiger charge is 2.34. The Bertz CT molecular complexity index is 449. The molecular weight excluding hydrogens is 178 g/mol.